The highest BCUT2D eigenvalue weighted by Gasteiger charge is 2.38. The van der Waals surface area contributed by atoms with Gasteiger partial charge in [0.25, 0.3) is 5.91 Å². The van der Waals surface area contributed by atoms with Crippen LogP contribution in [0.1, 0.15) is 36.2 Å². The molecule has 1 amide bonds. The molecule has 0 radical (unpaired) electrons. The molecule has 1 N–H and O–H groups in total. The standard InChI is InChI=1S/C15H20BrN3O/c1-19-11-5-6-12(19)8-10(7-11)9-17-15(20)13-3-2-4-14(16)18-13/h2-4,10-12H,5-9H2,1H3,(H,17,20). The number of carbonyl (C=O) groups is 1. The molecule has 1 aromatic rings. The zero-order chi connectivity index (χ0) is 14.1. The summed E-state index contributed by atoms with van der Waals surface area (Å²) in [5.74, 6) is 0.539. The largest absolute Gasteiger partial charge is 0.350 e. The Morgan fingerprint density at radius 2 is 2.10 bits per heavy atom. The van der Waals surface area contributed by atoms with Crippen molar-refractivity contribution in [2.24, 2.45) is 5.92 Å². The molecule has 2 aliphatic rings. The molecule has 2 aliphatic heterocycles. The normalized spacial score (nSPS) is 29.4. The van der Waals surface area contributed by atoms with Crippen LogP contribution in [-0.2, 0) is 0 Å². The molecule has 3 rings (SSSR count). The smallest absolute Gasteiger partial charge is 0.269 e. The van der Waals surface area contributed by atoms with E-state index in [-0.39, 0.29) is 5.91 Å². The van der Waals surface area contributed by atoms with E-state index in [4.69, 9.17) is 0 Å². The minimum absolute atomic E-state index is 0.0717. The van der Waals surface area contributed by atoms with Crippen LogP contribution in [0.4, 0.5) is 0 Å². The highest BCUT2D eigenvalue weighted by molar-refractivity contribution is 9.10. The van der Waals surface area contributed by atoms with Gasteiger partial charge in [-0.2, -0.15) is 0 Å². The van der Waals surface area contributed by atoms with E-state index in [9.17, 15) is 4.79 Å². The topological polar surface area (TPSA) is 45.2 Å². The van der Waals surface area contributed by atoms with Crippen molar-refractivity contribution in [3.05, 3.63) is 28.5 Å². The quantitative estimate of drug-likeness (QED) is 0.861. The Labute approximate surface area is 128 Å². The predicted molar refractivity (Wildman–Crippen MR) is 81.6 cm³/mol. The minimum Gasteiger partial charge on any atom is -0.350 e. The molecule has 3 heterocycles. The highest BCUT2D eigenvalue weighted by atomic mass is 79.9. The molecule has 2 fully saturated rings. The third kappa shape index (κ3) is 2.88. The fraction of sp³-hybridized carbons (Fsp3) is 0.600. The maximum atomic E-state index is 12.1. The lowest BCUT2D eigenvalue weighted by Crippen LogP contribution is -2.43. The van der Waals surface area contributed by atoms with Crippen LogP contribution >= 0.6 is 15.9 Å². The fourth-order valence-corrected chi connectivity index (χ4v) is 3.90. The molecule has 2 saturated heterocycles. The van der Waals surface area contributed by atoms with Crippen molar-refractivity contribution in [3.63, 3.8) is 0 Å². The van der Waals surface area contributed by atoms with Crippen molar-refractivity contribution in [1.29, 1.82) is 0 Å². The third-order valence-electron chi connectivity index (χ3n) is 4.69. The average Bonchev–Trinajstić information content (AvgIpc) is 2.66. The van der Waals surface area contributed by atoms with Crippen LogP contribution in [0, 0.1) is 5.92 Å². The number of nitrogens with one attached hydrogen (secondary N) is 1. The van der Waals surface area contributed by atoms with Gasteiger partial charge >= 0.3 is 0 Å². The Morgan fingerprint density at radius 1 is 1.40 bits per heavy atom. The highest BCUT2D eigenvalue weighted by Crippen LogP contribution is 2.36. The lowest BCUT2D eigenvalue weighted by atomic mass is 9.91. The lowest BCUT2D eigenvalue weighted by Gasteiger charge is -2.36. The van der Waals surface area contributed by atoms with Gasteiger partial charge in [-0.25, -0.2) is 4.98 Å². The SMILES string of the molecule is CN1C2CCC1CC(CNC(=O)c1cccc(Br)n1)C2. The van der Waals surface area contributed by atoms with Crippen LogP contribution in [-0.4, -0.2) is 41.5 Å². The maximum absolute atomic E-state index is 12.1. The number of carbonyl (C=O) groups excluding carboxylic acids is 1. The van der Waals surface area contributed by atoms with Crippen LogP contribution < -0.4 is 5.32 Å². The molecular formula is C15H20BrN3O. The lowest BCUT2D eigenvalue weighted by molar-refractivity contribution is 0.0912. The number of hydrogen-bond donors (Lipinski definition) is 1. The zero-order valence-electron chi connectivity index (χ0n) is 11.7. The second kappa shape index (κ2) is 5.82. The van der Waals surface area contributed by atoms with E-state index in [2.05, 4.69) is 38.2 Å². The van der Waals surface area contributed by atoms with Gasteiger partial charge in [0.15, 0.2) is 0 Å². The van der Waals surface area contributed by atoms with Crippen molar-refractivity contribution in [3.8, 4) is 0 Å². The predicted octanol–water partition coefficient (Wildman–Crippen LogP) is 2.45. The van der Waals surface area contributed by atoms with E-state index >= 15 is 0 Å². The second-order valence-corrected chi connectivity index (χ2v) is 6.76. The van der Waals surface area contributed by atoms with Gasteiger partial charge in [0.2, 0.25) is 0 Å². The summed E-state index contributed by atoms with van der Waals surface area (Å²) < 4.78 is 0.697. The molecule has 5 heteroatoms. The zero-order valence-corrected chi connectivity index (χ0v) is 13.3. The summed E-state index contributed by atoms with van der Waals surface area (Å²) in [5, 5.41) is 3.04. The first-order valence-corrected chi connectivity index (χ1v) is 8.05. The molecule has 4 nitrogen and oxygen atoms in total. The van der Waals surface area contributed by atoms with Crippen LogP contribution in [0.3, 0.4) is 0 Å². The maximum Gasteiger partial charge on any atom is 0.269 e. The molecule has 20 heavy (non-hydrogen) atoms. The third-order valence-corrected chi connectivity index (χ3v) is 5.14. The van der Waals surface area contributed by atoms with Crippen LogP contribution in [0.2, 0.25) is 0 Å². The van der Waals surface area contributed by atoms with E-state index in [0.717, 1.165) is 18.6 Å². The molecule has 2 bridgehead atoms. The van der Waals surface area contributed by atoms with Gasteiger partial charge in [0.05, 0.1) is 0 Å². The van der Waals surface area contributed by atoms with Gasteiger partial charge in [-0.05, 0) is 66.7 Å². The van der Waals surface area contributed by atoms with Crippen molar-refractivity contribution < 1.29 is 4.79 Å². The summed E-state index contributed by atoms with van der Waals surface area (Å²) in [5.41, 5.74) is 0.482. The van der Waals surface area contributed by atoms with Gasteiger partial charge < -0.3 is 10.2 Å². The van der Waals surface area contributed by atoms with Gasteiger partial charge in [-0.1, -0.05) is 6.07 Å². The Morgan fingerprint density at radius 3 is 2.75 bits per heavy atom. The van der Waals surface area contributed by atoms with Crippen molar-refractivity contribution in [2.75, 3.05) is 13.6 Å². The monoisotopic (exact) mass is 337 g/mol. The Hall–Kier alpha value is -0.940. The number of fused-ring (bicyclic) bond motifs is 2. The second-order valence-electron chi connectivity index (χ2n) is 5.94. The first-order valence-electron chi connectivity index (χ1n) is 7.26. The Bertz CT molecular complexity index is 494. The van der Waals surface area contributed by atoms with Gasteiger partial charge in [-0.15, -0.1) is 0 Å². The van der Waals surface area contributed by atoms with Crippen LogP contribution in [0.5, 0.6) is 0 Å². The van der Waals surface area contributed by atoms with Crippen molar-refractivity contribution >= 4 is 21.8 Å². The number of aromatic nitrogens is 1. The molecule has 2 atom stereocenters. The Balaban J connectivity index is 1.54. The van der Waals surface area contributed by atoms with E-state index in [1.807, 2.05) is 12.1 Å². The molecule has 0 aliphatic carbocycles. The number of halogens is 1. The molecule has 0 spiro atoms. The Kier molecular flexibility index (Phi) is 4.08. The summed E-state index contributed by atoms with van der Waals surface area (Å²) in [7, 11) is 2.24. The van der Waals surface area contributed by atoms with E-state index in [1.165, 1.54) is 25.7 Å². The summed E-state index contributed by atoms with van der Waals surface area (Å²) >= 11 is 3.29. The number of rotatable bonds is 3. The minimum atomic E-state index is -0.0717. The van der Waals surface area contributed by atoms with Gasteiger partial charge in [0.1, 0.15) is 10.3 Å². The van der Waals surface area contributed by atoms with Crippen LogP contribution in [0.25, 0.3) is 0 Å². The van der Waals surface area contributed by atoms with E-state index in [0.29, 0.717) is 16.2 Å². The van der Waals surface area contributed by atoms with Crippen LogP contribution in [0.15, 0.2) is 22.8 Å². The number of nitrogens with zero attached hydrogens (tertiary/aromatic N) is 2. The molecule has 108 valence electrons. The number of amides is 1. The average molecular weight is 338 g/mol. The van der Waals surface area contributed by atoms with Gasteiger partial charge in [0, 0.05) is 18.6 Å². The molecular weight excluding hydrogens is 318 g/mol. The van der Waals surface area contributed by atoms with Crippen molar-refractivity contribution in [2.45, 2.75) is 37.8 Å². The molecule has 0 saturated carbocycles. The first kappa shape index (κ1) is 14.0. The van der Waals surface area contributed by atoms with Gasteiger partial charge in [-0.3, -0.25) is 4.79 Å². The molecule has 0 aromatic carbocycles. The summed E-state index contributed by atoms with van der Waals surface area (Å²) in [6.07, 6.45) is 5.05. The van der Waals surface area contributed by atoms with E-state index in [1.54, 1.807) is 6.07 Å². The number of pyridine rings is 1. The fourth-order valence-electron chi connectivity index (χ4n) is 3.55. The van der Waals surface area contributed by atoms with E-state index < -0.39 is 0 Å². The molecule has 1 aromatic heterocycles. The summed E-state index contributed by atoms with van der Waals surface area (Å²) in [6.45, 7) is 0.772. The number of piperidine rings is 1. The van der Waals surface area contributed by atoms with Crippen molar-refractivity contribution in [1.82, 2.24) is 15.2 Å². The summed E-state index contributed by atoms with van der Waals surface area (Å²) in [4.78, 5) is 18.8. The molecule has 2 unspecified atom stereocenters. The number of hydrogen-bond acceptors (Lipinski definition) is 3. The summed E-state index contributed by atoms with van der Waals surface area (Å²) in [6, 6.07) is 6.85. The first-order chi connectivity index (χ1) is 9.63.